The van der Waals surface area contributed by atoms with Gasteiger partial charge in [0.1, 0.15) is 5.75 Å². The fourth-order valence-electron chi connectivity index (χ4n) is 4.18. The maximum absolute atomic E-state index is 10.4. The topological polar surface area (TPSA) is 23.5 Å². The summed E-state index contributed by atoms with van der Waals surface area (Å²) in [4.78, 5) is 2.66. The number of phenolic OH excluding ortho intramolecular Hbond substituents is 1. The molecule has 0 bridgehead atoms. The molecule has 22 heavy (non-hydrogen) atoms. The van der Waals surface area contributed by atoms with Gasteiger partial charge in [0, 0.05) is 18.2 Å². The zero-order valence-corrected chi connectivity index (χ0v) is 13.2. The van der Waals surface area contributed by atoms with Gasteiger partial charge < -0.3 is 5.11 Å². The Morgan fingerprint density at radius 3 is 2.82 bits per heavy atom. The minimum atomic E-state index is 0.426. The van der Waals surface area contributed by atoms with E-state index >= 15 is 0 Å². The first-order valence-electron chi connectivity index (χ1n) is 8.46. The van der Waals surface area contributed by atoms with Crippen molar-refractivity contribution in [2.24, 2.45) is 0 Å². The Morgan fingerprint density at radius 2 is 1.95 bits per heavy atom. The number of hydrogen-bond donors (Lipinski definition) is 1. The summed E-state index contributed by atoms with van der Waals surface area (Å²) in [5.74, 6) is 0.426. The van der Waals surface area contributed by atoms with E-state index in [-0.39, 0.29) is 0 Å². The number of benzene rings is 2. The van der Waals surface area contributed by atoms with Crippen molar-refractivity contribution < 1.29 is 5.11 Å². The summed E-state index contributed by atoms with van der Waals surface area (Å²) >= 11 is 0. The maximum Gasteiger partial charge on any atom is 0.123 e. The van der Waals surface area contributed by atoms with E-state index in [0.717, 1.165) is 24.9 Å². The summed E-state index contributed by atoms with van der Waals surface area (Å²) in [6.45, 7) is 4.61. The number of nitrogens with zero attached hydrogens (tertiary/aromatic N) is 1. The lowest BCUT2D eigenvalue weighted by Crippen LogP contribution is -2.38. The molecule has 1 aliphatic heterocycles. The predicted molar refractivity (Wildman–Crippen MR) is 90.2 cm³/mol. The molecule has 2 aromatic carbocycles. The normalized spacial score (nSPS) is 19.6. The summed E-state index contributed by atoms with van der Waals surface area (Å²) in [5, 5.41) is 10.4. The summed E-state index contributed by atoms with van der Waals surface area (Å²) < 4.78 is 0. The quantitative estimate of drug-likeness (QED) is 0.911. The van der Waals surface area contributed by atoms with Gasteiger partial charge >= 0.3 is 0 Å². The number of fused-ring (bicyclic) bond motifs is 2. The Morgan fingerprint density at radius 1 is 1.14 bits per heavy atom. The molecule has 1 N–H and O–H groups in total. The third-order valence-electron chi connectivity index (χ3n) is 5.25. The van der Waals surface area contributed by atoms with E-state index in [1.165, 1.54) is 41.6 Å². The second-order valence-corrected chi connectivity index (χ2v) is 6.55. The smallest absolute Gasteiger partial charge is 0.123 e. The van der Waals surface area contributed by atoms with Gasteiger partial charge in [0.15, 0.2) is 0 Å². The van der Waals surface area contributed by atoms with Crippen LogP contribution in [-0.4, -0.2) is 23.1 Å². The lowest BCUT2D eigenvalue weighted by atomic mass is 9.77. The van der Waals surface area contributed by atoms with Gasteiger partial charge in [0.25, 0.3) is 0 Å². The molecule has 1 heterocycles. The Kier molecular flexibility index (Phi) is 3.42. The van der Waals surface area contributed by atoms with Gasteiger partial charge in [0.05, 0.1) is 0 Å². The van der Waals surface area contributed by atoms with Crippen molar-refractivity contribution in [2.75, 3.05) is 13.1 Å². The zero-order chi connectivity index (χ0) is 15.1. The average molecular weight is 293 g/mol. The molecule has 0 amide bonds. The second-order valence-electron chi connectivity index (χ2n) is 6.55. The van der Waals surface area contributed by atoms with Crippen LogP contribution in [0.5, 0.6) is 5.75 Å². The molecular weight excluding hydrogens is 270 g/mol. The van der Waals surface area contributed by atoms with E-state index in [9.17, 15) is 5.11 Å². The van der Waals surface area contributed by atoms with Gasteiger partial charge in [0.2, 0.25) is 0 Å². The maximum atomic E-state index is 10.4. The van der Waals surface area contributed by atoms with Crippen LogP contribution in [0.4, 0.5) is 0 Å². The largest absolute Gasteiger partial charge is 0.507 e. The first-order valence-corrected chi connectivity index (χ1v) is 8.46. The predicted octanol–water partition coefficient (Wildman–Crippen LogP) is 4.31. The highest BCUT2D eigenvalue weighted by atomic mass is 16.3. The Labute approximate surface area is 132 Å². The SMILES string of the molecule is CCCCN1CCc2cccc3c2[C@H]1Cc1cccc(O)c1-3. The molecule has 2 heteroatoms. The number of phenols is 1. The van der Waals surface area contributed by atoms with Crippen molar-refractivity contribution in [3.05, 3.63) is 53.1 Å². The molecule has 0 unspecified atom stereocenters. The molecule has 1 aliphatic carbocycles. The minimum Gasteiger partial charge on any atom is -0.507 e. The van der Waals surface area contributed by atoms with Crippen LogP contribution in [0.15, 0.2) is 36.4 Å². The molecule has 2 nitrogen and oxygen atoms in total. The molecule has 2 aliphatic rings. The van der Waals surface area contributed by atoms with Gasteiger partial charge in [-0.3, -0.25) is 4.90 Å². The number of hydrogen-bond acceptors (Lipinski definition) is 2. The van der Waals surface area contributed by atoms with Gasteiger partial charge in [-0.05, 0) is 54.1 Å². The van der Waals surface area contributed by atoms with Crippen LogP contribution >= 0.6 is 0 Å². The monoisotopic (exact) mass is 293 g/mol. The Bertz CT molecular complexity index is 707. The van der Waals surface area contributed by atoms with Gasteiger partial charge in [-0.15, -0.1) is 0 Å². The molecule has 0 fully saturated rings. The average Bonchev–Trinajstić information content (AvgIpc) is 2.54. The van der Waals surface area contributed by atoms with Crippen LogP contribution in [0.25, 0.3) is 11.1 Å². The van der Waals surface area contributed by atoms with Crippen molar-refractivity contribution in [1.82, 2.24) is 4.90 Å². The van der Waals surface area contributed by atoms with E-state index in [1.807, 2.05) is 12.1 Å². The number of aromatic hydroxyl groups is 1. The summed E-state index contributed by atoms with van der Waals surface area (Å²) in [7, 11) is 0. The first kappa shape index (κ1) is 13.8. The number of unbranched alkanes of at least 4 members (excludes halogenated alkanes) is 1. The van der Waals surface area contributed by atoms with E-state index in [2.05, 4.69) is 36.1 Å². The molecule has 2 aromatic rings. The van der Waals surface area contributed by atoms with Crippen molar-refractivity contribution >= 4 is 0 Å². The highest BCUT2D eigenvalue weighted by Gasteiger charge is 2.34. The van der Waals surface area contributed by atoms with Crippen LogP contribution in [-0.2, 0) is 12.8 Å². The van der Waals surface area contributed by atoms with E-state index in [4.69, 9.17) is 0 Å². The first-order chi connectivity index (χ1) is 10.8. The van der Waals surface area contributed by atoms with Crippen molar-refractivity contribution in [3.63, 3.8) is 0 Å². The highest BCUT2D eigenvalue weighted by molar-refractivity contribution is 5.80. The van der Waals surface area contributed by atoms with Crippen LogP contribution in [0, 0.1) is 0 Å². The summed E-state index contributed by atoms with van der Waals surface area (Å²) in [5.41, 5.74) is 6.55. The molecule has 0 radical (unpaired) electrons. The Hall–Kier alpha value is -1.80. The molecule has 0 saturated heterocycles. The molecular formula is C20H23NO. The lowest BCUT2D eigenvalue weighted by molar-refractivity contribution is 0.180. The summed E-state index contributed by atoms with van der Waals surface area (Å²) in [6, 6.07) is 13.1. The third kappa shape index (κ3) is 2.05. The molecule has 0 aromatic heterocycles. The fourth-order valence-corrected chi connectivity index (χ4v) is 4.18. The van der Waals surface area contributed by atoms with Gasteiger partial charge in [-0.2, -0.15) is 0 Å². The van der Waals surface area contributed by atoms with Crippen LogP contribution in [0.1, 0.15) is 42.5 Å². The van der Waals surface area contributed by atoms with Crippen LogP contribution in [0.2, 0.25) is 0 Å². The van der Waals surface area contributed by atoms with Gasteiger partial charge in [-0.1, -0.05) is 43.7 Å². The molecule has 114 valence electrons. The zero-order valence-electron chi connectivity index (χ0n) is 13.2. The van der Waals surface area contributed by atoms with E-state index < -0.39 is 0 Å². The van der Waals surface area contributed by atoms with Crippen molar-refractivity contribution in [2.45, 2.75) is 38.6 Å². The van der Waals surface area contributed by atoms with Crippen molar-refractivity contribution in [1.29, 1.82) is 0 Å². The molecule has 1 atom stereocenters. The second kappa shape index (κ2) is 5.44. The van der Waals surface area contributed by atoms with Gasteiger partial charge in [-0.25, -0.2) is 0 Å². The van der Waals surface area contributed by atoms with Crippen molar-refractivity contribution in [3.8, 4) is 16.9 Å². The highest BCUT2D eigenvalue weighted by Crippen LogP contribution is 2.47. The standard InChI is InChI=1S/C20H23NO/c1-2-3-11-21-12-10-14-6-4-8-16-19(14)17(21)13-15-7-5-9-18(22)20(15)16/h4-9,17,22H,2-3,10-13H2,1H3/t17-/m1/s1. The lowest BCUT2D eigenvalue weighted by Gasteiger charge is -2.41. The molecule has 0 saturated carbocycles. The third-order valence-corrected chi connectivity index (χ3v) is 5.25. The Balaban J connectivity index is 1.86. The number of rotatable bonds is 3. The fraction of sp³-hybridized carbons (Fsp3) is 0.400. The minimum absolute atomic E-state index is 0.426. The van der Waals surface area contributed by atoms with Crippen LogP contribution in [0.3, 0.4) is 0 Å². The van der Waals surface area contributed by atoms with Crippen LogP contribution < -0.4 is 0 Å². The van der Waals surface area contributed by atoms with E-state index in [0.29, 0.717) is 11.8 Å². The molecule has 4 rings (SSSR count). The summed E-state index contributed by atoms with van der Waals surface area (Å²) in [6.07, 6.45) is 4.67. The van der Waals surface area contributed by atoms with E-state index in [1.54, 1.807) is 0 Å². The molecule has 0 spiro atoms.